The van der Waals surface area contributed by atoms with Gasteiger partial charge in [-0.3, -0.25) is 0 Å². The first kappa shape index (κ1) is 30.5. The van der Waals surface area contributed by atoms with E-state index in [-0.39, 0.29) is 18.3 Å². The summed E-state index contributed by atoms with van der Waals surface area (Å²) in [5, 5.41) is 0. The second-order valence-electron chi connectivity index (χ2n) is 12.2. The Morgan fingerprint density at radius 1 is 0.614 bits per heavy atom. The predicted molar refractivity (Wildman–Crippen MR) is 186 cm³/mol. The van der Waals surface area contributed by atoms with E-state index >= 15 is 0 Å². The fourth-order valence-corrected chi connectivity index (χ4v) is 7.86. The van der Waals surface area contributed by atoms with Gasteiger partial charge in [0.1, 0.15) is 11.5 Å². The first-order valence-electron chi connectivity index (χ1n) is 14.7. The zero-order valence-electron chi connectivity index (χ0n) is 26.6. The fraction of sp³-hybridized carbons (Fsp3) is 0.278. The molecule has 6 rings (SSSR count). The van der Waals surface area contributed by atoms with Crippen molar-refractivity contribution in [3.05, 3.63) is 96.1 Å². The lowest BCUT2D eigenvalue weighted by Crippen LogP contribution is -2.41. The summed E-state index contributed by atoms with van der Waals surface area (Å²) >= 11 is 3.61. The molecule has 5 aromatic rings. The van der Waals surface area contributed by atoms with Crippen LogP contribution < -0.4 is 19.2 Å². The van der Waals surface area contributed by atoms with Crippen LogP contribution in [0.4, 0.5) is 17.1 Å². The maximum atomic E-state index is 6.35. The lowest BCUT2D eigenvalue weighted by Gasteiger charge is -2.32. The van der Waals surface area contributed by atoms with Gasteiger partial charge in [-0.15, -0.1) is 22.7 Å². The van der Waals surface area contributed by atoms with Gasteiger partial charge < -0.3 is 23.7 Å². The third kappa shape index (κ3) is 5.68. The van der Waals surface area contributed by atoms with E-state index < -0.39 is 0 Å². The Kier molecular flexibility index (Phi) is 8.14. The molecule has 0 bridgehead atoms. The van der Waals surface area contributed by atoms with Crippen LogP contribution in [0, 0.1) is 13.8 Å². The van der Waals surface area contributed by atoms with E-state index in [4.69, 9.17) is 18.8 Å². The Morgan fingerprint density at radius 2 is 1.07 bits per heavy atom. The third-order valence-corrected chi connectivity index (χ3v) is 11.3. The molecular formula is C36H38BNO4S2. The lowest BCUT2D eigenvalue weighted by atomic mass is 9.87. The van der Waals surface area contributed by atoms with Crippen LogP contribution >= 0.6 is 22.7 Å². The van der Waals surface area contributed by atoms with Crippen molar-refractivity contribution in [3.8, 4) is 31.7 Å². The van der Waals surface area contributed by atoms with Crippen LogP contribution in [0.3, 0.4) is 0 Å². The standard InChI is InChI=1S/C36H38BNO4S2/c1-23-21-31(34-24(2)22-32(44-34)37-41-35(3,4)36(5,6)42-37)43-33(23)25-9-11-26(12-10-25)38(27-13-17-29(39-7)18-14-27)28-15-19-30(40-8)20-16-28/h9-22H,1-8H3. The minimum atomic E-state index is -0.356. The number of hydrogen-bond donors (Lipinski definition) is 0. The van der Waals surface area contributed by atoms with Crippen molar-refractivity contribution in [2.45, 2.75) is 52.7 Å². The Hall–Kier alpha value is -3.56. The second-order valence-corrected chi connectivity index (χ2v) is 14.3. The number of anilines is 3. The van der Waals surface area contributed by atoms with Crippen LogP contribution in [0.15, 0.2) is 84.9 Å². The molecule has 1 fully saturated rings. The van der Waals surface area contributed by atoms with Crippen molar-refractivity contribution in [1.82, 2.24) is 0 Å². The number of aryl methyl sites for hydroxylation is 2. The van der Waals surface area contributed by atoms with Crippen molar-refractivity contribution < 1.29 is 18.8 Å². The number of nitrogens with zero attached hydrogens (tertiary/aromatic N) is 1. The molecule has 226 valence electrons. The second kappa shape index (κ2) is 11.7. The van der Waals surface area contributed by atoms with Gasteiger partial charge in [0.2, 0.25) is 0 Å². The van der Waals surface area contributed by atoms with Crippen LogP contribution in [0.1, 0.15) is 38.8 Å². The molecule has 0 saturated carbocycles. The lowest BCUT2D eigenvalue weighted by molar-refractivity contribution is 0.00578. The summed E-state index contributed by atoms with van der Waals surface area (Å²) in [6.45, 7) is 12.8. The summed E-state index contributed by atoms with van der Waals surface area (Å²) in [4.78, 5) is 6.06. The molecule has 0 amide bonds. The Balaban J connectivity index is 1.30. The van der Waals surface area contributed by atoms with Crippen LogP contribution in [0.2, 0.25) is 0 Å². The molecule has 0 atom stereocenters. The van der Waals surface area contributed by atoms with Gasteiger partial charge in [-0.05, 0) is 131 Å². The third-order valence-electron chi connectivity index (χ3n) is 8.61. The molecule has 0 spiro atoms. The summed E-state index contributed by atoms with van der Waals surface area (Å²) in [6, 6.07) is 29.6. The van der Waals surface area contributed by atoms with Crippen molar-refractivity contribution in [2.75, 3.05) is 19.1 Å². The SMILES string of the molecule is COc1ccc(N(c2ccc(OC)cc2)c2ccc(-c3sc(-c4sc(B5OC(C)(C)C(C)(C)O5)cc4C)cc3C)cc2)cc1. The minimum Gasteiger partial charge on any atom is -0.497 e. The Labute approximate surface area is 269 Å². The zero-order chi connectivity index (χ0) is 31.2. The van der Waals surface area contributed by atoms with Gasteiger partial charge in [-0.2, -0.15) is 0 Å². The predicted octanol–water partition coefficient (Wildman–Crippen LogP) is 9.55. The molecule has 1 aliphatic rings. The number of benzene rings is 3. The molecule has 3 heterocycles. The van der Waals surface area contributed by atoms with Gasteiger partial charge in [0, 0.05) is 36.5 Å². The van der Waals surface area contributed by atoms with E-state index in [1.165, 1.54) is 31.3 Å². The molecule has 5 nitrogen and oxygen atoms in total. The van der Waals surface area contributed by atoms with E-state index in [9.17, 15) is 0 Å². The fourth-order valence-electron chi connectivity index (χ4n) is 5.38. The van der Waals surface area contributed by atoms with Crippen molar-refractivity contribution in [2.24, 2.45) is 0 Å². The molecule has 0 radical (unpaired) electrons. The van der Waals surface area contributed by atoms with E-state index in [0.717, 1.165) is 33.3 Å². The summed E-state index contributed by atoms with van der Waals surface area (Å²) in [5.74, 6) is 1.65. The normalized spacial score (nSPS) is 15.4. The summed E-state index contributed by atoms with van der Waals surface area (Å²) in [7, 11) is 3.03. The maximum Gasteiger partial charge on any atom is 0.505 e. The highest BCUT2D eigenvalue weighted by atomic mass is 32.1. The number of methoxy groups -OCH3 is 2. The van der Waals surface area contributed by atoms with Crippen LogP contribution in [-0.4, -0.2) is 32.5 Å². The Bertz CT molecular complexity index is 1690. The highest BCUT2D eigenvalue weighted by molar-refractivity contribution is 7.29. The van der Waals surface area contributed by atoms with Gasteiger partial charge >= 0.3 is 7.12 Å². The van der Waals surface area contributed by atoms with E-state index in [0.29, 0.717) is 0 Å². The quantitative estimate of drug-likeness (QED) is 0.161. The average molecular weight is 624 g/mol. The molecule has 0 N–H and O–H groups in total. The largest absolute Gasteiger partial charge is 0.505 e. The minimum absolute atomic E-state index is 0.343. The monoisotopic (exact) mass is 623 g/mol. The molecule has 44 heavy (non-hydrogen) atoms. The van der Waals surface area contributed by atoms with E-state index in [2.05, 4.69) is 107 Å². The number of ether oxygens (including phenoxy) is 2. The topological polar surface area (TPSA) is 40.2 Å². The van der Waals surface area contributed by atoms with Crippen LogP contribution in [0.25, 0.3) is 20.2 Å². The van der Waals surface area contributed by atoms with Crippen LogP contribution in [-0.2, 0) is 9.31 Å². The van der Waals surface area contributed by atoms with E-state index in [1.54, 1.807) is 25.6 Å². The highest BCUT2D eigenvalue weighted by Gasteiger charge is 2.52. The molecule has 0 aliphatic carbocycles. The highest BCUT2D eigenvalue weighted by Crippen LogP contribution is 2.44. The molecule has 1 aliphatic heterocycles. The molecule has 2 aromatic heterocycles. The van der Waals surface area contributed by atoms with E-state index in [1.807, 2.05) is 35.6 Å². The number of rotatable bonds is 8. The first-order valence-corrected chi connectivity index (χ1v) is 16.4. The summed E-state index contributed by atoms with van der Waals surface area (Å²) in [6.07, 6.45) is 0. The first-order chi connectivity index (χ1) is 21.0. The van der Waals surface area contributed by atoms with Gasteiger partial charge in [-0.1, -0.05) is 12.1 Å². The van der Waals surface area contributed by atoms with Gasteiger partial charge in [-0.25, -0.2) is 0 Å². The van der Waals surface area contributed by atoms with Gasteiger partial charge in [0.25, 0.3) is 0 Å². The summed E-state index contributed by atoms with van der Waals surface area (Å²) < 4.78 is 24.6. The van der Waals surface area contributed by atoms with Gasteiger partial charge in [0.15, 0.2) is 0 Å². The van der Waals surface area contributed by atoms with Crippen LogP contribution in [0.5, 0.6) is 11.5 Å². The van der Waals surface area contributed by atoms with Crippen molar-refractivity contribution >= 4 is 51.6 Å². The maximum absolute atomic E-state index is 6.35. The number of hydrogen-bond acceptors (Lipinski definition) is 7. The number of thiophene rings is 2. The van der Waals surface area contributed by atoms with Gasteiger partial charge in [0.05, 0.1) is 25.4 Å². The molecule has 1 saturated heterocycles. The molecule has 3 aromatic carbocycles. The molecular weight excluding hydrogens is 585 g/mol. The summed E-state index contributed by atoms with van der Waals surface area (Å²) in [5.41, 5.74) is 6.17. The van der Waals surface area contributed by atoms with Crippen molar-refractivity contribution in [1.29, 1.82) is 0 Å². The molecule has 0 unspecified atom stereocenters. The Morgan fingerprint density at radius 3 is 1.55 bits per heavy atom. The van der Waals surface area contributed by atoms with Crippen molar-refractivity contribution in [3.63, 3.8) is 0 Å². The zero-order valence-corrected chi connectivity index (χ0v) is 28.2. The smallest absolute Gasteiger partial charge is 0.497 e. The molecule has 8 heteroatoms. The average Bonchev–Trinajstić information content (AvgIpc) is 3.66.